The number of halogens is 1. The molecule has 0 saturated carbocycles. The van der Waals surface area contributed by atoms with Gasteiger partial charge >= 0.3 is 0 Å². The minimum Gasteiger partial charge on any atom is -0.481 e. The number of carbonyl (C=O) groups is 1. The van der Waals surface area contributed by atoms with E-state index in [9.17, 15) is 9.18 Å². The maximum Gasteiger partial charge on any atom is 0.262 e. The largest absolute Gasteiger partial charge is 0.481 e. The first-order chi connectivity index (χ1) is 8.50. The van der Waals surface area contributed by atoms with Gasteiger partial charge in [0.15, 0.2) is 18.2 Å². The Bertz CT molecular complexity index is 448. The number of hydrogen-bond donors (Lipinski definition) is 0. The van der Waals surface area contributed by atoms with Crippen LogP contribution in [-0.4, -0.2) is 36.3 Å². The highest BCUT2D eigenvalue weighted by molar-refractivity contribution is 5.78. The van der Waals surface area contributed by atoms with Crippen LogP contribution >= 0.6 is 0 Å². The van der Waals surface area contributed by atoms with E-state index in [1.54, 1.807) is 17.0 Å². The quantitative estimate of drug-likeness (QED) is 0.824. The Morgan fingerprint density at radius 2 is 2.22 bits per heavy atom. The fraction of sp³-hybridized carbons (Fsp3) is 0.462. The SMILES string of the molecule is CC1(C)COCN1C(=O)COc1ccccc1F. The van der Waals surface area contributed by atoms with E-state index in [2.05, 4.69) is 0 Å². The van der Waals surface area contributed by atoms with Crippen molar-refractivity contribution in [2.75, 3.05) is 19.9 Å². The minimum atomic E-state index is -0.470. The summed E-state index contributed by atoms with van der Waals surface area (Å²) in [5, 5.41) is 0. The minimum absolute atomic E-state index is 0.0868. The molecule has 5 heteroatoms. The van der Waals surface area contributed by atoms with E-state index < -0.39 is 5.82 Å². The van der Waals surface area contributed by atoms with E-state index in [0.29, 0.717) is 6.61 Å². The molecule has 98 valence electrons. The van der Waals surface area contributed by atoms with Crippen LogP contribution in [0.2, 0.25) is 0 Å². The number of rotatable bonds is 3. The van der Waals surface area contributed by atoms with Gasteiger partial charge in [-0.05, 0) is 26.0 Å². The molecule has 4 nitrogen and oxygen atoms in total. The standard InChI is InChI=1S/C13H16FNO3/c1-13(2)8-17-9-15(13)12(16)7-18-11-6-4-3-5-10(11)14/h3-6H,7-9H2,1-2H3. The zero-order chi connectivity index (χ0) is 13.2. The molecule has 0 atom stereocenters. The van der Waals surface area contributed by atoms with Gasteiger partial charge in [-0.2, -0.15) is 0 Å². The second kappa shape index (κ2) is 4.94. The summed E-state index contributed by atoms with van der Waals surface area (Å²) in [7, 11) is 0. The molecule has 1 amide bonds. The first-order valence-corrected chi connectivity index (χ1v) is 5.76. The van der Waals surface area contributed by atoms with Gasteiger partial charge in [-0.3, -0.25) is 4.79 Å². The van der Waals surface area contributed by atoms with Crippen molar-refractivity contribution >= 4 is 5.91 Å². The smallest absolute Gasteiger partial charge is 0.262 e. The summed E-state index contributed by atoms with van der Waals surface area (Å²) in [6.07, 6.45) is 0. The van der Waals surface area contributed by atoms with Crippen LogP contribution in [0, 0.1) is 5.82 Å². The molecule has 1 aliphatic heterocycles. The highest BCUT2D eigenvalue weighted by atomic mass is 19.1. The lowest BCUT2D eigenvalue weighted by Gasteiger charge is -2.28. The summed E-state index contributed by atoms with van der Waals surface area (Å²) < 4.78 is 23.7. The fourth-order valence-corrected chi connectivity index (χ4v) is 1.83. The fourth-order valence-electron chi connectivity index (χ4n) is 1.83. The molecule has 0 unspecified atom stereocenters. The summed E-state index contributed by atoms with van der Waals surface area (Å²) in [5.41, 5.74) is -0.338. The molecular weight excluding hydrogens is 237 g/mol. The molecule has 0 N–H and O–H groups in total. The lowest BCUT2D eigenvalue weighted by atomic mass is 10.1. The number of ether oxygens (including phenoxy) is 2. The van der Waals surface area contributed by atoms with Crippen LogP contribution in [0.25, 0.3) is 0 Å². The van der Waals surface area contributed by atoms with Gasteiger partial charge in [-0.25, -0.2) is 4.39 Å². The Hall–Kier alpha value is -1.62. The van der Waals surface area contributed by atoms with Crippen molar-refractivity contribution in [3.05, 3.63) is 30.1 Å². The van der Waals surface area contributed by atoms with Crippen LogP contribution in [0.3, 0.4) is 0 Å². The molecule has 1 fully saturated rings. The molecule has 1 aromatic rings. The third kappa shape index (κ3) is 2.61. The Morgan fingerprint density at radius 3 is 2.83 bits per heavy atom. The third-order valence-electron chi connectivity index (χ3n) is 2.90. The van der Waals surface area contributed by atoms with E-state index in [4.69, 9.17) is 9.47 Å². The van der Waals surface area contributed by atoms with E-state index in [1.807, 2.05) is 13.8 Å². The monoisotopic (exact) mass is 253 g/mol. The van der Waals surface area contributed by atoms with Crippen LogP contribution in [0.4, 0.5) is 4.39 Å². The van der Waals surface area contributed by atoms with Crippen LogP contribution in [0.15, 0.2) is 24.3 Å². The van der Waals surface area contributed by atoms with Crippen molar-refractivity contribution in [1.82, 2.24) is 4.90 Å². The second-order valence-electron chi connectivity index (χ2n) is 4.83. The molecule has 0 bridgehead atoms. The van der Waals surface area contributed by atoms with Gasteiger partial charge in [0.25, 0.3) is 5.91 Å². The van der Waals surface area contributed by atoms with Gasteiger partial charge in [0, 0.05) is 0 Å². The first kappa shape index (κ1) is 12.8. The average molecular weight is 253 g/mol. The van der Waals surface area contributed by atoms with Crippen LogP contribution < -0.4 is 4.74 Å². The summed E-state index contributed by atoms with van der Waals surface area (Å²) in [6, 6.07) is 6.02. The molecule has 0 aromatic heterocycles. The maximum atomic E-state index is 13.3. The van der Waals surface area contributed by atoms with Crippen molar-refractivity contribution < 1.29 is 18.7 Å². The molecule has 1 saturated heterocycles. The molecule has 0 spiro atoms. The molecule has 0 aliphatic carbocycles. The maximum absolute atomic E-state index is 13.3. The van der Waals surface area contributed by atoms with Crippen LogP contribution in [0.5, 0.6) is 5.75 Å². The van der Waals surface area contributed by atoms with Crippen molar-refractivity contribution in [3.63, 3.8) is 0 Å². The third-order valence-corrected chi connectivity index (χ3v) is 2.90. The lowest BCUT2D eigenvalue weighted by Crippen LogP contribution is -2.46. The highest BCUT2D eigenvalue weighted by Crippen LogP contribution is 2.22. The predicted molar refractivity (Wildman–Crippen MR) is 63.6 cm³/mol. The van der Waals surface area contributed by atoms with E-state index in [-0.39, 0.29) is 30.5 Å². The van der Waals surface area contributed by atoms with Crippen LogP contribution in [-0.2, 0) is 9.53 Å². The molecular formula is C13H16FNO3. The van der Waals surface area contributed by atoms with E-state index in [0.717, 1.165) is 0 Å². The van der Waals surface area contributed by atoms with E-state index >= 15 is 0 Å². The van der Waals surface area contributed by atoms with Gasteiger partial charge in [-0.15, -0.1) is 0 Å². The summed E-state index contributed by atoms with van der Waals surface area (Å²) >= 11 is 0. The van der Waals surface area contributed by atoms with Gasteiger partial charge in [-0.1, -0.05) is 12.1 Å². The van der Waals surface area contributed by atoms with Crippen molar-refractivity contribution in [3.8, 4) is 5.75 Å². The van der Waals surface area contributed by atoms with Crippen LogP contribution in [0.1, 0.15) is 13.8 Å². The Balaban J connectivity index is 1.95. The molecule has 1 aromatic carbocycles. The van der Waals surface area contributed by atoms with E-state index in [1.165, 1.54) is 12.1 Å². The Kier molecular flexibility index (Phi) is 3.52. The predicted octanol–water partition coefficient (Wildman–Crippen LogP) is 1.80. The number of amides is 1. The average Bonchev–Trinajstić information content (AvgIpc) is 2.67. The van der Waals surface area contributed by atoms with Gasteiger partial charge in [0.1, 0.15) is 6.73 Å². The molecule has 2 rings (SSSR count). The normalized spacial score (nSPS) is 17.8. The van der Waals surface area contributed by atoms with Crippen molar-refractivity contribution in [2.24, 2.45) is 0 Å². The van der Waals surface area contributed by atoms with Gasteiger partial charge < -0.3 is 14.4 Å². The highest BCUT2D eigenvalue weighted by Gasteiger charge is 2.36. The number of hydrogen-bond acceptors (Lipinski definition) is 3. The van der Waals surface area contributed by atoms with Gasteiger partial charge in [0.05, 0.1) is 12.1 Å². The number of nitrogens with zero attached hydrogens (tertiary/aromatic N) is 1. The Morgan fingerprint density at radius 1 is 1.50 bits per heavy atom. The number of benzene rings is 1. The summed E-state index contributed by atoms with van der Waals surface area (Å²) in [4.78, 5) is 13.5. The molecule has 1 aliphatic rings. The topological polar surface area (TPSA) is 38.8 Å². The van der Waals surface area contributed by atoms with Crippen molar-refractivity contribution in [2.45, 2.75) is 19.4 Å². The zero-order valence-electron chi connectivity index (χ0n) is 10.5. The second-order valence-corrected chi connectivity index (χ2v) is 4.83. The molecule has 0 radical (unpaired) electrons. The summed E-state index contributed by atoms with van der Waals surface area (Å²) in [5.74, 6) is -0.591. The van der Waals surface area contributed by atoms with Crippen molar-refractivity contribution in [1.29, 1.82) is 0 Å². The first-order valence-electron chi connectivity index (χ1n) is 5.76. The number of carbonyl (C=O) groups excluding carboxylic acids is 1. The Labute approximate surface area is 105 Å². The number of para-hydroxylation sites is 1. The molecule has 1 heterocycles. The van der Waals surface area contributed by atoms with Gasteiger partial charge in [0.2, 0.25) is 0 Å². The zero-order valence-corrected chi connectivity index (χ0v) is 10.5. The molecule has 18 heavy (non-hydrogen) atoms. The lowest BCUT2D eigenvalue weighted by molar-refractivity contribution is -0.137. The summed E-state index contributed by atoms with van der Waals surface area (Å²) in [6.45, 7) is 4.40.